The van der Waals surface area contributed by atoms with E-state index in [-0.39, 0.29) is 5.91 Å². The van der Waals surface area contributed by atoms with Gasteiger partial charge in [0, 0.05) is 32.6 Å². The lowest BCUT2D eigenvalue weighted by Crippen LogP contribution is -2.25. The fraction of sp³-hybridized carbons (Fsp3) is 0.857. The van der Waals surface area contributed by atoms with Crippen LogP contribution in [-0.4, -0.2) is 32.0 Å². The Hall–Kier alpha value is -0.280. The van der Waals surface area contributed by atoms with E-state index in [9.17, 15) is 4.79 Å². The number of nitrogens with one attached hydrogen (secondary N) is 1. The number of hydrogen-bond acceptors (Lipinski definition) is 2. The molecule has 0 spiro atoms. The van der Waals surface area contributed by atoms with Gasteiger partial charge in [-0.2, -0.15) is 0 Å². The van der Waals surface area contributed by atoms with E-state index in [1.807, 2.05) is 0 Å². The summed E-state index contributed by atoms with van der Waals surface area (Å²) in [5.41, 5.74) is 0. The highest BCUT2D eigenvalue weighted by atomic mass is 35.5. The molecule has 0 bridgehead atoms. The zero-order valence-electron chi connectivity index (χ0n) is 6.73. The van der Waals surface area contributed by atoms with Crippen LogP contribution in [0, 0.1) is 0 Å². The quantitative estimate of drug-likeness (QED) is 0.483. The zero-order valence-corrected chi connectivity index (χ0v) is 7.49. The van der Waals surface area contributed by atoms with Gasteiger partial charge in [0.05, 0.1) is 0 Å². The van der Waals surface area contributed by atoms with Crippen molar-refractivity contribution in [2.45, 2.75) is 12.8 Å². The molecule has 66 valence electrons. The molecule has 1 amide bonds. The van der Waals surface area contributed by atoms with Gasteiger partial charge < -0.3 is 10.1 Å². The van der Waals surface area contributed by atoms with Crippen LogP contribution in [0.25, 0.3) is 0 Å². The molecule has 0 saturated carbocycles. The van der Waals surface area contributed by atoms with Crippen molar-refractivity contribution in [1.29, 1.82) is 0 Å². The number of ether oxygens (including phenoxy) is 1. The van der Waals surface area contributed by atoms with Gasteiger partial charge in [0.2, 0.25) is 5.91 Å². The Labute approximate surface area is 72.1 Å². The Morgan fingerprint density at radius 3 is 2.91 bits per heavy atom. The van der Waals surface area contributed by atoms with Crippen LogP contribution in [-0.2, 0) is 9.53 Å². The summed E-state index contributed by atoms with van der Waals surface area (Å²) in [7, 11) is 1.64. The van der Waals surface area contributed by atoms with Crippen LogP contribution >= 0.6 is 11.6 Å². The van der Waals surface area contributed by atoms with Crippen molar-refractivity contribution >= 4 is 17.5 Å². The Bertz CT molecular complexity index is 109. The minimum Gasteiger partial charge on any atom is -0.385 e. The molecule has 0 unspecified atom stereocenters. The number of methoxy groups -OCH3 is 1. The monoisotopic (exact) mass is 179 g/mol. The molecule has 1 N–H and O–H groups in total. The molecule has 0 heterocycles. The number of rotatable bonds is 6. The lowest BCUT2D eigenvalue weighted by atomic mass is 10.4. The summed E-state index contributed by atoms with van der Waals surface area (Å²) in [6.07, 6.45) is 1.25. The second kappa shape index (κ2) is 7.82. The van der Waals surface area contributed by atoms with Gasteiger partial charge in [-0.15, -0.1) is 11.6 Å². The van der Waals surface area contributed by atoms with E-state index in [1.165, 1.54) is 0 Å². The number of carbonyl (C=O) groups is 1. The maximum absolute atomic E-state index is 10.8. The summed E-state index contributed by atoms with van der Waals surface area (Å²) in [6, 6.07) is 0. The third-order valence-electron chi connectivity index (χ3n) is 1.17. The number of halogens is 1. The normalized spacial score (nSPS) is 9.64. The molecular formula is C7H14ClNO2. The summed E-state index contributed by atoms with van der Waals surface area (Å²) in [5.74, 6) is 0.395. The van der Waals surface area contributed by atoms with Gasteiger partial charge >= 0.3 is 0 Å². The highest BCUT2D eigenvalue weighted by molar-refractivity contribution is 6.18. The zero-order chi connectivity index (χ0) is 8.53. The van der Waals surface area contributed by atoms with Gasteiger partial charge in [-0.05, 0) is 6.42 Å². The van der Waals surface area contributed by atoms with E-state index in [0.29, 0.717) is 25.5 Å². The molecule has 0 aliphatic carbocycles. The van der Waals surface area contributed by atoms with E-state index in [0.717, 1.165) is 6.42 Å². The molecule has 0 fully saturated rings. The van der Waals surface area contributed by atoms with E-state index >= 15 is 0 Å². The van der Waals surface area contributed by atoms with Crippen LogP contribution in [0.4, 0.5) is 0 Å². The lowest BCUT2D eigenvalue weighted by Gasteiger charge is -2.02. The molecular weight excluding hydrogens is 166 g/mol. The summed E-state index contributed by atoms with van der Waals surface area (Å²) >= 11 is 5.35. The maximum Gasteiger partial charge on any atom is 0.221 e. The standard InChI is InChI=1S/C7H14ClNO2/c1-11-6-2-5-9-7(10)3-4-8/h2-6H2,1H3,(H,9,10). The van der Waals surface area contributed by atoms with Crippen LogP contribution in [0.3, 0.4) is 0 Å². The molecule has 0 radical (unpaired) electrons. The van der Waals surface area contributed by atoms with E-state index in [4.69, 9.17) is 16.3 Å². The van der Waals surface area contributed by atoms with Crippen molar-refractivity contribution in [1.82, 2.24) is 5.32 Å². The molecule has 4 heteroatoms. The van der Waals surface area contributed by atoms with Crippen molar-refractivity contribution in [2.24, 2.45) is 0 Å². The Morgan fingerprint density at radius 1 is 1.64 bits per heavy atom. The van der Waals surface area contributed by atoms with Gasteiger partial charge in [-0.3, -0.25) is 4.79 Å². The summed E-state index contributed by atoms with van der Waals surface area (Å²) in [5, 5.41) is 2.72. The Balaban J connectivity index is 3.04. The first-order chi connectivity index (χ1) is 5.31. The van der Waals surface area contributed by atoms with Crippen molar-refractivity contribution < 1.29 is 9.53 Å². The van der Waals surface area contributed by atoms with Crippen molar-refractivity contribution in [3.8, 4) is 0 Å². The van der Waals surface area contributed by atoms with Gasteiger partial charge in [0.15, 0.2) is 0 Å². The van der Waals surface area contributed by atoms with Crippen LogP contribution in [0.5, 0.6) is 0 Å². The van der Waals surface area contributed by atoms with Gasteiger partial charge in [0.1, 0.15) is 0 Å². The number of carbonyl (C=O) groups excluding carboxylic acids is 1. The predicted octanol–water partition coefficient (Wildman–Crippen LogP) is 0.768. The van der Waals surface area contributed by atoms with E-state index < -0.39 is 0 Å². The molecule has 0 saturated heterocycles. The minimum absolute atomic E-state index is 0.0103. The van der Waals surface area contributed by atoms with Crippen LogP contribution in [0.2, 0.25) is 0 Å². The highest BCUT2D eigenvalue weighted by Gasteiger charge is 1.96. The Kier molecular flexibility index (Phi) is 7.62. The number of alkyl halides is 1. The molecule has 0 aromatic carbocycles. The third kappa shape index (κ3) is 7.62. The summed E-state index contributed by atoms with van der Waals surface area (Å²) in [4.78, 5) is 10.8. The van der Waals surface area contributed by atoms with E-state index in [2.05, 4.69) is 5.32 Å². The second-order valence-corrected chi connectivity index (χ2v) is 2.51. The second-order valence-electron chi connectivity index (χ2n) is 2.14. The van der Waals surface area contributed by atoms with Gasteiger partial charge in [-0.1, -0.05) is 0 Å². The molecule has 0 aromatic rings. The molecule has 11 heavy (non-hydrogen) atoms. The number of amides is 1. The molecule has 0 aliphatic rings. The SMILES string of the molecule is COCCCNC(=O)CCCl. The smallest absolute Gasteiger partial charge is 0.221 e. The topological polar surface area (TPSA) is 38.3 Å². The minimum atomic E-state index is 0.0103. The first kappa shape index (κ1) is 10.7. The first-order valence-electron chi connectivity index (χ1n) is 3.63. The van der Waals surface area contributed by atoms with Gasteiger partial charge in [0.25, 0.3) is 0 Å². The molecule has 0 aliphatic heterocycles. The Morgan fingerprint density at radius 2 is 2.36 bits per heavy atom. The van der Waals surface area contributed by atoms with Gasteiger partial charge in [-0.25, -0.2) is 0 Å². The van der Waals surface area contributed by atoms with Crippen LogP contribution in [0.15, 0.2) is 0 Å². The van der Waals surface area contributed by atoms with Crippen molar-refractivity contribution in [3.63, 3.8) is 0 Å². The largest absolute Gasteiger partial charge is 0.385 e. The number of hydrogen-bond donors (Lipinski definition) is 1. The van der Waals surface area contributed by atoms with Crippen molar-refractivity contribution in [2.75, 3.05) is 26.1 Å². The fourth-order valence-electron chi connectivity index (χ4n) is 0.619. The predicted molar refractivity (Wildman–Crippen MR) is 44.8 cm³/mol. The highest BCUT2D eigenvalue weighted by Crippen LogP contribution is 1.84. The summed E-state index contributed by atoms with van der Waals surface area (Å²) in [6.45, 7) is 1.35. The fourth-order valence-corrected chi connectivity index (χ4v) is 0.790. The van der Waals surface area contributed by atoms with E-state index in [1.54, 1.807) is 7.11 Å². The van der Waals surface area contributed by atoms with Crippen molar-refractivity contribution in [3.05, 3.63) is 0 Å². The first-order valence-corrected chi connectivity index (χ1v) is 4.16. The average molecular weight is 180 g/mol. The molecule has 3 nitrogen and oxygen atoms in total. The molecule has 0 aromatic heterocycles. The van der Waals surface area contributed by atoms with Crippen LogP contribution < -0.4 is 5.32 Å². The molecule has 0 rings (SSSR count). The summed E-state index contributed by atoms with van der Waals surface area (Å²) < 4.78 is 4.81. The van der Waals surface area contributed by atoms with Crippen LogP contribution in [0.1, 0.15) is 12.8 Å². The lowest BCUT2D eigenvalue weighted by molar-refractivity contribution is -0.120. The molecule has 0 atom stereocenters. The third-order valence-corrected chi connectivity index (χ3v) is 1.36. The average Bonchev–Trinajstić information content (AvgIpc) is 1.99. The maximum atomic E-state index is 10.8.